The molecule has 0 spiro atoms. The van der Waals surface area contributed by atoms with E-state index >= 15 is 0 Å². The molecule has 2 unspecified atom stereocenters. The lowest BCUT2D eigenvalue weighted by atomic mass is 9.75. The maximum Gasteiger partial charge on any atom is 0.0774 e. The molecule has 1 N–H and O–H groups in total. The predicted octanol–water partition coefficient (Wildman–Crippen LogP) is 3.22. The van der Waals surface area contributed by atoms with Crippen LogP contribution in [0.3, 0.4) is 0 Å². The van der Waals surface area contributed by atoms with Gasteiger partial charge in [-0.2, -0.15) is 0 Å². The van der Waals surface area contributed by atoms with Crippen LogP contribution in [0.15, 0.2) is 0 Å². The van der Waals surface area contributed by atoms with Gasteiger partial charge >= 0.3 is 0 Å². The third-order valence-corrected chi connectivity index (χ3v) is 3.92. The summed E-state index contributed by atoms with van der Waals surface area (Å²) < 4.78 is 5.76. The minimum absolute atomic E-state index is 0.208. The molecule has 1 aliphatic carbocycles. The monoisotopic (exact) mass is 227 g/mol. The standard InChI is InChI=1S/C14H29NO/c1-14(2,3)13(16-5)12(15-4)11-9-7-6-8-10-11/h11-13,15H,6-10H2,1-5H3. The highest BCUT2D eigenvalue weighted by atomic mass is 16.5. The van der Waals surface area contributed by atoms with Crippen molar-refractivity contribution >= 4 is 0 Å². The van der Waals surface area contributed by atoms with Gasteiger partial charge < -0.3 is 10.1 Å². The van der Waals surface area contributed by atoms with Gasteiger partial charge in [-0.25, -0.2) is 0 Å². The summed E-state index contributed by atoms with van der Waals surface area (Å²) in [5, 5.41) is 3.50. The zero-order chi connectivity index (χ0) is 12.2. The summed E-state index contributed by atoms with van der Waals surface area (Å²) >= 11 is 0. The van der Waals surface area contributed by atoms with Crippen LogP contribution < -0.4 is 5.32 Å². The molecule has 0 amide bonds. The highest BCUT2D eigenvalue weighted by Gasteiger charge is 2.36. The molecular weight excluding hydrogens is 198 g/mol. The normalized spacial score (nSPS) is 23.1. The zero-order valence-electron chi connectivity index (χ0n) is 11.7. The largest absolute Gasteiger partial charge is 0.379 e. The molecule has 0 aliphatic heterocycles. The SMILES string of the molecule is CNC(C1CCCCC1)C(OC)C(C)(C)C. The van der Waals surface area contributed by atoms with Crippen LogP contribution in [0.25, 0.3) is 0 Å². The van der Waals surface area contributed by atoms with Gasteiger partial charge in [0.2, 0.25) is 0 Å². The van der Waals surface area contributed by atoms with E-state index in [2.05, 4.69) is 33.1 Å². The molecule has 1 fully saturated rings. The molecule has 1 saturated carbocycles. The Kier molecular flexibility index (Phi) is 5.26. The molecule has 0 saturated heterocycles. The Morgan fingerprint density at radius 2 is 1.69 bits per heavy atom. The van der Waals surface area contributed by atoms with Crippen LogP contribution in [0.2, 0.25) is 0 Å². The first-order valence-electron chi connectivity index (χ1n) is 6.70. The van der Waals surface area contributed by atoms with Gasteiger partial charge in [0.25, 0.3) is 0 Å². The van der Waals surface area contributed by atoms with E-state index in [1.54, 1.807) is 0 Å². The van der Waals surface area contributed by atoms with Crippen LogP contribution in [-0.2, 0) is 4.74 Å². The first-order chi connectivity index (χ1) is 7.50. The molecule has 1 aliphatic rings. The summed E-state index contributed by atoms with van der Waals surface area (Å²) in [5.74, 6) is 0.794. The van der Waals surface area contributed by atoms with E-state index in [1.807, 2.05) is 7.11 Å². The Hall–Kier alpha value is -0.0800. The van der Waals surface area contributed by atoms with E-state index in [0.29, 0.717) is 12.1 Å². The van der Waals surface area contributed by atoms with E-state index in [9.17, 15) is 0 Å². The lowest BCUT2D eigenvalue weighted by molar-refractivity contribution is -0.0289. The van der Waals surface area contributed by atoms with Crippen LogP contribution in [0.4, 0.5) is 0 Å². The smallest absolute Gasteiger partial charge is 0.0774 e. The van der Waals surface area contributed by atoms with Crippen molar-refractivity contribution in [3.8, 4) is 0 Å². The minimum atomic E-state index is 0.208. The first kappa shape index (κ1) is 14.0. The fourth-order valence-corrected chi connectivity index (χ4v) is 3.17. The van der Waals surface area contributed by atoms with Crippen LogP contribution >= 0.6 is 0 Å². The average molecular weight is 227 g/mol. The van der Waals surface area contributed by atoms with Gasteiger partial charge in [-0.3, -0.25) is 0 Å². The van der Waals surface area contributed by atoms with Crippen molar-refractivity contribution in [1.82, 2.24) is 5.32 Å². The Balaban J connectivity index is 2.69. The van der Waals surface area contributed by atoms with Crippen molar-refractivity contribution in [3.63, 3.8) is 0 Å². The van der Waals surface area contributed by atoms with Crippen LogP contribution in [0.5, 0.6) is 0 Å². The van der Waals surface area contributed by atoms with Gasteiger partial charge in [-0.1, -0.05) is 40.0 Å². The molecule has 2 atom stereocenters. The molecule has 0 aromatic carbocycles. The Bertz CT molecular complexity index is 191. The topological polar surface area (TPSA) is 21.3 Å². The summed E-state index contributed by atoms with van der Waals surface area (Å²) in [6.45, 7) is 6.82. The second-order valence-corrected chi connectivity index (χ2v) is 6.23. The number of hydrogen-bond donors (Lipinski definition) is 1. The minimum Gasteiger partial charge on any atom is -0.379 e. The van der Waals surface area contributed by atoms with E-state index in [4.69, 9.17) is 4.74 Å². The first-order valence-corrected chi connectivity index (χ1v) is 6.70. The highest BCUT2D eigenvalue weighted by Crippen LogP contribution is 2.34. The number of ether oxygens (including phenoxy) is 1. The molecule has 0 aromatic rings. The van der Waals surface area contributed by atoms with Gasteiger partial charge in [0.05, 0.1) is 6.10 Å². The van der Waals surface area contributed by atoms with Gasteiger partial charge in [-0.05, 0) is 31.2 Å². The van der Waals surface area contributed by atoms with Crippen molar-refractivity contribution in [1.29, 1.82) is 0 Å². The average Bonchev–Trinajstić information content (AvgIpc) is 2.25. The van der Waals surface area contributed by atoms with E-state index in [0.717, 1.165) is 5.92 Å². The van der Waals surface area contributed by atoms with Crippen LogP contribution in [0.1, 0.15) is 52.9 Å². The fraction of sp³-hybridized carbons (Fsp3) is 1.00. The lowest BCUT2D eigenvalue weighted by Crippen LogP contribution is -2.51. The van der Waals surface area contributed by atoms with Crippen molar-refractivity contribution in [2.24, 2.45) is 11.3 Å². The summed E-state index contributed by atoms with van der Waals surface area (Å²) in [5.41, 5.74) is 0.208. The van der Waals surface area contributed by atoms with Gasteiger partial charge in [0, 0.05) is 13.2 Å². The molecule has 2 heteroatoms. The quantitative estimate of drug-likeness (QED) is 0.796. The van der Waals surface area contributed by atoms with Gasteiger partial charge in [-0.15, -0.1) is 0 Å². The number of methoxy groups -OCH3 is 1. The molecular formula is C14H29NO. The zero-order valence-corrected chi connectivity index (χ0v) is 11.7. The Labute approximate surface area is 101 Å². The Morgan fingerprint density at radius 1 is 1.12 bits per heavy atom. The van der Waals surface area contributed by atoms with Gasteiger partial charge in [0.1, 0.15) is 0 Å². The molecule has 0 radical (unpaired) electrons. The highest BCUT2D eigenvalue weighted by molar-refractivity contribution is 4.90. The van der Waals surface area contributed by atoms with E-state index in [1.165, 1.54) is 32.1 Å². The molecule has 0 heterocycles. The van der Waals surface area contributed by atoms with Crippen molar-refractivity contribution in [2.75, 3.05) is 14.2 Å². The third kappa shape index (κ3) is 3.46. The number of hydrogen-bond acceptors (Lipinski definition) is 2. The van der Waals surface area contributed by atoms with Gasteiger partial charge in [0.15, 0.2) is 0 Å². The molecule has 16 heavy (non-hydrogen) atoms. The van der Waals surface area contributed by atoms with Crippen molar-refractivity contribution < 1.29 is 4.74 Å². The Morgan fingerprint density at radius 3 is 2.06 bits per heavy atom. The van der Waals surface area contributed by atoms with E-state index < -0.39 is 0 Å². The van der Waals surface area contributed by atoms with Crippen molar-refractivity contribution in [2.45, 2.75) is 65.0 Å². The van der Waals surface area contributed by atoms with Crippen molar-refractivity contribution in [3.05, 3.63) is 0 Å². The predicted molar refractivity (Wildman–Crippen MR) is 69.7 cm³/mol. The maximum atomic E-state index is 5.76. The number of rotatable bonds is 4. The van der Waals surface area contributed by atoms with E-state index in [-0.39, 0.29) is 5.41 Å². The molecule has 0 bridgehead atoms. The molecule has 2 nitrogen and oxygen atoms in total. The van der Waals surface area contributed by atoms with Crippen LogP contribution in [-0.4, -0.2) is 26.3 Å². The summed E-state index contributed by atoms with van der Waals surface area (Å²) in [6, 6.07) is 0.505. The summed E-state index contributed by atoms with van der Waals surface area (Å²) in [4.78, 5) is 0. The summed E-state index contributed by atoms with van der Waals surface area (Å²) in [7, 11) is 3.93. The number of likely N-dealkylation sites (N-methyl/N-ethyl adjacent to an activating group) is 1. The maximum absolute atomic E-state index is 5.76. The number of nitrogens with one attached hydrogen (secondary N) is 1. The molecule has 1 rings (SSSR count). The molecule has 96 valence electrons. The summed E-state index contributed by atoms with van der Waals surface area (Å²) in [6.07, 6.45) is 7.23. The second-order valence-electron chi connectivity index (χ2n) is 6.23. The third-order valence-electron chi connectivity index (χ3n) is 3.92. The molecule has 0 aromatic heterocycles. The van der Waals surface area contributed by atoms with Crippen LogP contribution in [0, 0.1) is 11.3 Å². The fourth-order valence-electron chi connectivity index (χ4n) is 3.17. The second kappa shape index (κ2) is 6.02. The lowest BCUT2D eigenvalue weighted by Gasteiger charge is -2.41.